The lowest BCUT2D eigenvalue weighted by atomic mass is 10.1. The molecule has 0 radical (unpaired) electrons. The summed E-state index contributed by atoms with van der Waals surface area (Å²) in [6, 6.07) is 11.1. The first-order chi connectivity index (χ1) is 11.5. The van der Waals surface area contributed by atoms with E-state index < -0.39 is 0 Å². The molecule has 1 amide bonds. The number of aryl methyl sites for hydroxylation is 2. The number of halogens is 1. The second-order valence-electron chi connectivity index (χ2n) is 5.69. The number of nitrogens with zero attached hydrogens (tertiary/aromatic N) is 1. The number of fused-ring (bicyclic) bond motifs is 2. The van der Waals surface area contributed by atoms with Crippen molar-refractivity contribution in [1.82, 2.24) is 4.98 Å². The Bertz CT molecular complexity index is 1100. The van der Waals surface area contributed by atoms with E-state index in [9.17, 15) is 4.79 Å². The Morgan fingerprint density at radius 2 is 2.04 bits per heavy atom. The zero-order valence-corrected chi connectivity index (χ0v) is 14.6. The molecule has 120 valence electrons. The van der Waals surface area contributed by atoms with E-state index in [-0.39, 0.29) is 11.7 Å². The molecule has 0 saturated carbocycles. The van der Waals surface area contributed by atoms with Gasteiger partial charge in [-0.15, -0.1) is 0 Å². The molecule has 0 saturated heterocycles. The van der Waals surface area contributed by atoms with Crippen molar-refractivity contribution in [2.24, 2.45) is 0 Å². The highest BCUT2D eigenvalue weighted by Gasteiger charge is 2.15. The zero-order valence-electron chi connectivity index (χ0n) is 13.0. The summed E-state index contributed by atoms with van der Waals surface area (Å²) in [5.41, 5.74) is 3.81. The quantitative estimate of drug-likeness (QED) is 0.511. The number of carbonyl (C=O) groups excluding carboxylic acids is 1. The average molecular weight is 357 g/mol. The zero-order chi connectivity index (χ0) is 16.8. The van der Waals surface area contributed by atoms with Crippen molar-refractivity contribution in [2.75, 3.05) is 5.32 Å². The first kappa shape index (κ1) is 15.2. The van der Waals surface area contributed by atoms with Crippen LogP contribution in [0.3, 0.4) is 0 Å². The van der Waals surface area contributed by atoms with E-state index in [1.54, 1.807) is 24.3 Å². The third-order valence-electron chi connectivity index (χ3n) is 3.75. The molecule has 0 atom stereocenters. The number of amides is 1. The van der Waals surface area contributed by atoms with Crippen molar-refractivity contribution in [3.8, 4) is 0 Å². The highest BCUT2D eigenvalue weighted by Crippen LogP contribution is 2.30. The lowest BCUT2D eigenvalue weighted by Crippen LogP contribution is -2.10. The van der Waals surface area contributed by atoms with E-state index in [0.717, 1.165) is 21.2 Å². The minimum Gasteiger partial charge on any atom is -0.451 e. The van der Waals surface area contributed by atoms with Gasteiger partial charge >= 0.3 is 0 Å². The topological polar surface area (TPSA) is 55.1 Å². The van der Waals surface area contributed by atoms with Gasteiger partial charge in [0.25, 0.3) is 5.91 Å². The number of anilines is 1. The average Bonchev–Trinajstić information content (AvgIpc) is 3.10. The maximum atomic E-state index is 12.4. The van der Waals surface area contributed by atoms with Gasteiger partial charge in [0.05, 0.1) is 10.2 Å². The summed E-state index contributed by atoms with van der Waals surface area (Å²) >= 11 is 7.41. The molecule has 4 aromatic rings. The Morgan fingerprint density at radius 3 is 2.88 bits per heavy atom. The summed E-state index contributed by atoms with van der Waals surface area (Å²) in [5.74, 6) is -0.0878. The smallest absolute Gasteiger partial charge is 0.293 e. The van der Waals surface area contributed by atoms with Crippen molar-refractivity contribution in [2.45, 2.75) is 13.8 Å². The normalized spacial score (nSPS) is 11.3. The SMILES string of the molecule is Cc1cc(C)c2nc(NC(=O)c3cc4cc(Cl)ccc4o3)sc2c1. The van der Waals surface area contributed by atoms with Gasteiger partial charge in [0, 0.05) is 10.4 Å². The van der Waals surface area contributed by atoms with E-state index in [1.165, 1.54) is 16.9 Å². The summed E-state index contributed by atoms with van der Waals surface area (Å²) in [6.45, 7) is 4.06. The van der Waals surface area contributed by atoms with Gasteiger partial charge in [0.2, 0.25) is 0 Å². The molecule has 0 aliphatic rings. The van der Waals surface area contributed by atoms with Crippen molar-refractivity contribution in [3.63, 3.8) is 0 Å². The van der Waals surface area contributed by atoms with E-state index in [2.05, 4.69) is 22.4 Å². The molecule has 0 spiro atoms. The monoisotopic (exact) mass is 356 g/mol. The van der Waals surface area contributed by atoms with Gasteiger partial charge < -0.3 is 4.42 Å². The van der Waals surface area contributed by atoms with Crippen molar-refractivity contribution in [3.05, 3.63) is 58.3 Å². The van der Waals surface area contributed by atoms with Crippen LogP contribution in [-0.4, -0.2) is 10.9 Å². The summed E-state index contributed by atoms with van der Waals surface area (Å²) in [6.07, 6.45) is 0. The largest absolute Gasteiger partial charge is 0.451 e. The third kappa shape index (κ3) is 2.66. The number of furan rings is 1. The van der Waals surface area contributed by atoms with Crippen molar-refractivity contribution in [1.29, 1.82) is 0 Å². The number of nitrogens with one attached hydrogen (secondary N) is 1. The van der Waals surface area contributed by atoms with Gasteiger partial charge in [0.15, 0.2) is 10.9 Å². The predicted molar refractivity (Wildman–Crippen MR) is 98.3 cm³/mol. The van der Waals surface area contributed by atoms with Crippen LogP contribution >= 0.6 is 22.9 Å². The van der Waals surface area contributed by atoms with Crippen LogP contribution < -0.4 is 5.32 Å². The minimum absolute atomic E-state index is 0.236. The summed E-state index contributed by atoms with van der Waals surface area (Å²) < 4.78 is 6.63. The van der Waals surface area contributed by atoms with Gasteiger partial charge in [0.1, 0.15) is 5.58 Å². The molecule has 24 heavy (non-hydrogen) atoms. The van der Waals surface area contributed by atoms with Crippen LogP contribution in [0.2, 0.25) is 5.02 Å². The molecule has 4 nitrogen and oxygen atoms in total. The van der Waals surface area contributed by atoms with E-state index in [1.807, 2.05) is 13.8 Å². The fraction of sp³-hybridized carbons (Fsp3) is 0.111. The number of rotatable bonds is 2. The maximum Gasteiger partial charge on any atom is 0.293 e. The van der Waals surface area contributed by atoms with E-state index in [4.69, 9.17) is 16.0 Å². The molecule has 0 bridgehead atoms. The van der Waals surface area contributed by atoms with Crippen molar-refractivity contribution < 1.29 is 9.21 Å². The number of benzene rings is 2. The minimum atomic E-state index is -0.323. The second-order valence-corrected chi connectivity index (χ2v) is 7.16. The highest BCUT2D eigenvalue weighted by atomic mass is 35.5. The maximum absolute atomic E-state index is 12.4. The molecule has 2 aromatic heterocycles. The Hall–Kier alpha value is -2.37. The number of carbonyl (C=O) groups is 1. The second kappa shape index (κ2) is 5.61. The van der Waals surface area contributed by atoms with Crippen LogP contribution in [0.5, 0.6) is 0 Å². The Labute approximate surface area is 147 Å². The van der Waals surface area contributed by atoms with Crippen LogP contribution in [0, 0.1) is 13.8 Å². The molecule has 0 fully saturated rings. The van der Waals surface area contributed by atoms with Gasteiger partial charge in [-0.25, -0.2) is 4.98 Å². The standard InChI is InChI=1S/C18H13ClN2O2S/c1-9-5-10(2)16-15(6-9)24-18(20-16)21-17(22)14-8-11-7-12(19)3-4-13(11)23-14/h3-8H,1-2H3,(H,20,21,22). The predicted octanol–water partition coefficient (Wildman–Crippen LogP) is 5.57. The highest BCUT2D eigenvalue weighted by molar-refractivity contribution is 7.22. The van der Waals surface area contributed by atoms with Gasteiger partial charge in [-0.1, -0.05) is 29.0 Å². The Kier molecular flexibility index (Phi) is 3.55. The first-order valence-electron chi connectivity index (χ1n) is 7.38. The third-order valence-corrected chi connectivity index (χ3v) is 4.91. The fourth-order valence-corrected chi connectivity index (χ4v) is 3.93. The van der Waals surface area contributed by atoms with Crippen LogP contribution in [0.15, 0.2) is 40.8 Å². The number of hydrogen-bond donors (Lipinski definition) is 1. The molecule has 6 heteroatoms. The molecule has 2 aromatic carbocycles. The van der Waals surface area contributed by atoms with Crippen LogP contribution in [0.25, 0.3) is 21.2 Å². The van der Waals surface area contributed by atoms with Crippen molar-refractivity contribution >= 4 is 55.2 Å². The Balaban J connectivity index is 1.66. The molecule has 0 aliphatic carbocycles. The van der Waals surface area contributed by atoms with Gasteiger partial charge in [-0.05, 0) is 55.3 Å². The van der Waals surface area contributed by atoms with E-state index in [0.29, 0.717) is 15.7 Å². The van der Waals surface area contributed by atoms with Gasteiger partial charge in [-0.2, -0.15) is 0 Å². The fourth-order valence-electron chi connectivity index (χ4n) is 2.71. The summed E-state index contributed by atoms with van der Waals surface area (Å²) in [7, 11) is 0. The molecule has 4 rings (SSSR count). The lowest BCUT2D eigenvalue weighted by Gasteiger charge is -1.97. The molecule has 1 N–H and O–H groups in total. The van der Waals surface area contributed by atoms with Crippen LogP contribution in [0.4, 0.5) is 5.13 Å². The molecular weight excluding hydrogens is 344 g/mol. The van der Waals surface area contributed by atoms with E-state index >= 15 is 0 Å². The molecule has 2 heterocycles. The molecular formula is C18H13ClN2O2S. The molecule has 0 unspecified atom stereocenters. The lowest BCUT2D eigenvalue weighted by molar-refractivity contribution is 0.0998. The van der Waals surface area contributed by atoms with Gasteiger partial charge in [-0.3, -0.25) is 10.1 Å². The summed E-state index contributed by atoms with van der Waals surface area (Å²) in [5, 5.41) is 4.77. The first-order valence-corrected chi connectivity index (χ1v) is 8.57. The summed E-state index contributed by atoms with van der Waals surface area (Å²) in [4.78, 5) is 16.9. The number of hydrogen-bond acceptors (Lipinski definition) is 4. The number of thiazole rings is 1. The Morgan fingerprint density at radius 1 is 1.21 bits per heavy atom. The van der Waals surface area contributed by atoms with Crippen LogP contribution in [-0.2, 0) is 0 Å². The molecule has 0 aliphatic heterocycles. The van der Waals surface area contributed by atoms with Crippen LogP contribution in [0.1, 0.15) is 21.7 Å². The number of aromatic nitrogens is 1.